The number of likely N-dealkylation sites (tertiary alicyclic amines) is 1. The number of nitrogens with one attached hydrogen (secondary N) is 1. The summed E-state index contributed by atoms with van der Waals surface area (Å²) < 4.78 is 11.6. The second-order valence-electron chi connectivity index (χ2n) is 8.32. The normalized spacial score (nSPS) is 25.5. The highest BCUT2D eigenvalue weighted by Gasteiger charge is 2.38. The van der Waals surface area contributed by atoms with E-state index in [9.17, 15) is 9.59 Å². The summed E-state index contributed by atoms with van der Waals surface area (Å²) in [5, 5.41) is 3.34. The lowest BCUT2D eigenvalue weighted by Gasteiger charge is -2.43. The zero-order valence-electron chi connectivity index (χ0n) is 16.2. The second-order valence-corrected chi connectivity index (χ2v) is 8.32. The molecule has 3 aliphatic heterocycles. The second kappa shape index (κ2) is 7.76. The van der Waals surface area contributed by atoms with Crippen LogP contribution < -0.4 is 10.9 Å². The van der Waals surface area contributed by atoms with Crippen molar-refractivity contribution in [1.82, 2.24) is 10.2 Å². The van der Waals surface area contributed by atoms with Gasteiger partial charge < -0.3 is 19.4 Å². The number of carbonyl (C=O) groups is 1. The van der Waals surface area contributed by atoms with Crippen molar-refractivity contribution in [1.29, 1.82) is 0 Å². The molecule has 0 aliphatic carbocycles. The van der Waals surface area contributed by atoms with Crippen molar-refractivity contribution in [3.05, 3.63) is 33.4 Å². The largest absolute Gasteiger partial charge is 0.427 e. The molecule has 6 nitrogen and oxygen atoms in total. The van der Waals surface area contributed by atoms with Crippen molar-refractivity contribution < 1.29 is 13.9 Å². The van der Waals surface area contributed by atoms with Crippen LogP contribution in [0.1, 0.15) is 72.5 Å². The number of ether oxygens (including phenoxy) is 1. The Morgan fingerprint density at radius 2 is 2.04 bits per heavy atom. The van der Waals surface area contributed by atoms with Gasteiger partial charge in [-0.05, 0) is 70.0 Å². The summed E-state index contributed by atoms with van der Waals surface area (Å²) >= 11 is 0. The summed E-state index contributed by atoms with van der Waals surface area (Å²) in [7, 11) is 0. The predicted molar refractivity (Wildman–Crippen MR) is 102 cm³/mol. The Kier molecular flexibility index (Phi) is 5.37. The van der Waals surface area contributed by atoms with Crippen molar-refractivity contribution in [3.63, 3.8) is 0 Å². The molecule has 1 unspecified atom stereocenters. The third-order valence-corrected chi connectivity index (χ3v) is 6.48. The minimum absolute atomic E-state index is 0.0490. The molecule has 3 aliphatic rings. The minimum atomic E-state index is -0.491. The van der Waals surface area contributed by atoms with Crippen molar-refractivity contribution in [3.8, 4) is 0 Å². The molecular weight excluding hydrogens is 344 g/mol. The van der Waals surface area contributed by atoms with Crippen LogP contribution in [0, 0.1) is 6.92 Å². The average Bonchev–Trinajstić information content (AvgIpc) is 2.69. The van der Waals surface area contributed by atoms with E-state index in [1.54, 1.807) is 4.90 Å². The van der Waals surface area contributed by atoms with Gasteiger partial charge in [-0.1, -0.05) is 0 Å². The van der Waals surface area contributed by atoms with Crippen LogP contribution in [0.3, 0.4) is 0 Å². The van der Waals surface area contributed by atoms with Crippen LogP contribution in [0.2, 0.25) is 0 Å². The van der Waals surface area contributed by atoms with Gasteiger partial charge in [0.15, 0.2) is 0 Å². The van der Waals surface area contributed by atoms with Crippen molar-refractivity contribution in [2.75, 3.05) is 32.8 Å². The van der Waals surface area contributed by atoms with E-state index in [0.29, 0.717) is 18.8 Å². The standard InChI is InChI=1S/C21H30N2O4/c1-15-13-17(16-5-4-9-22-14-16)27-20(25)18(15)19(24)23-10-7-21(8-11-23)6-2-3-12-26-21/h13,16,22H,2-12,14H2,1H3. The number of piperidine rings is 2. The van der Waals surface area contributed by atoms with E-state index in [2.05, 4.69) is 5.32 Å². The third kappa shape index (κ3) is 3.83. The molecule has 0 saturated carbocycles. The molecule has 148 valence electrons. The smallest absolute Gasteiger partial charge is 0.349 e. The van der Waals surface area contributed by atoms with Crippen LogP contribution in [-0.4, -0.2) is 49.2 Å². The van der Waals surface area contributed by atoms with Gasteiger partial charge in [-0.25, -0.2) is 4.79 Å². The number of aryl methyl sites for hydroxylation is 1. The van der Waals surface area contributed by atoms with E-state index in [4.69, 9.17) is 9.15 Å². The Balaban J connectivity index is 1.48. The highest BCUT2D eigenvalue weighted by molar-refractivity contribution is 5.95. The average molecular weight is 374 g/mol. The van der Waals surface area contributed by atoms with Gasteiger partial charge >= 0.3 is 5.63 Å². The van der Waals surface area contributed by atoms with E-state index in [-0.39, 0.29) is 23.0 Å². The molecule has 1 aromatic heterocycles. The van der Waals surface area contributed by atoms with Gasteiger partial charge in [0.25, 0.3) is 5.91 Å². The molecule has 27 heavy (non-hydrogen) atoms. The zero-order valence-corrected chi connectivity index (χ0v) is 16.2. The lowest BCUT2D eigenvalue weighted by molar-refractivity contribution is -0.107. The molecule has 0 radical (unpaired) electrons. The van der Waals surface area contributed by atoms with Gasteiger partial charge in [0, 0.05) is 32.2 Å². The molecule has 1 spiro atoms. The summed E-state index contributed by atoms with van der Waals surface area (Å²) in [4.78, 5) is 27.4. The fourth-order valence-corrected chi connectivity index (χ4v) is 4.77. The first-order valence-corrected chi connectivity index (χ1v) is 10.4. The SMILES string of the molecule is Cc1cc(C2CCCNC2)oc(=O)c1C(=O)N1CCC2(CCCCO2)CC1. The highest BCUT2D eigenvalue weighted by Crippen LogP contribution is 2.35. The van der Waals surface area contributed by atoms with Gasteiger partial charge in [-0.2, -0.15) is 0 Å². The lowest BCUT2D eigenvalue weighted by atomic mass is 9.84. The van der Waals surface area contributed by atoms with Crippen molar-refractivity contribution in [2.45, 2.75) is 63.4 Å². The Hall–Kier alpha value is -1.66. The maximum atomic E-state index is 13.0. The number of nitrogens with zero attached hydrogens (tertiary/aromatic N) is 1. The van der Waals surface area contributed by atoms with Crippen LogP contribution >= 0.6 is 0 Å². The fourth-order valence-electron chi connectivity index (χ4n) is 4.77. The fraction of sp³-hybridized carbons (Fsp3) is 0.714. The first-order valence-electron chi connectivity index (χ1n) is 10.4. The van der Waals surface area contributed by atoms with E-state index in [1.807, 2.05) is 13.0 Å². The van der Waals surface area contributed by atoms with Crippen LogP contribution in [0.4, 0.5) is 0 Å². The molecular formula is C21H30N2O4. The van der Waals surface area contributed by atoms with E-state index >= 15 is 0 Å². The summed E-state index contributed by atoms with van der Waals surface area (Å²) in [5.41, 5.74) is 0.385. The quantitative estimate of drug-likeness (QED) is 0.861. The van der Waals surface area contributed by atoms with Gasteiger partial charge in [-0.3, -0.25) is 4.79 Å². The topological polar surface area (TPSA) is 71.8 Å². The molecule has 1 N–H and O–H groups in total. The van der Waals surface area contributed by atoms with Gasteiger partial charge in [0.1, 0.15) is 11.3 Å². The Labute approximate surface area is 160 Å². The number of amides is 1. The molecule has 3 fully saturated rings. The Bertz CT molecular complexity index is 735. The maximum Gasteiger partial charge on any atom is 0.349 e. The molecule has 0 bridgehead atoms. The number of hydrogen-bond acceptors (Lipinski definition) is 5. The summed E-state index contributed by atoms with van der Waals surface area (Å²) in [6.07, 6.45) is 7.22. The third-order valence-electron chi connectivity index (χ3n) is 6.48. The van der Waals surface area contributed by atoms with Gasteiger partial charge in [-0.15, -0.1) is 0 Å². The molecule has 1 amide bonds. The zero-order chi connectivity index (χ0) is 18.9. The Morgan fingerprint density at radius 1 is 1.22 bits per heavy atom. The molecule has 1 aromatic rings. The molecule has 6 heteroatoms. The van der Waals surface area contributed by atoms with Crippen molar-refractivity contribution in [2.24, 2.45) is 0 Å². The number of rotatable bonds is 2. The monoisotopic (exact) mass is 374 g/mol. The highest BCUT2D eigenvalue weighted by atomic mass is 16.5. The van der Waals surface area contributed by atoms with Crippen LogP contribution in [0.5, 0.6) is 0 Å². The molecule has 0 aromatic carbocycles. The van der Waals surface area contributed by atoms with Crippen molar-refractivity contribution >= 4 is 5.91 Å². The molecule has 4 heterocycles. The molecule has 3 saturated heterocycles. The Morgan fingerprint density at radius 3 is 2.67 bits per heavy atom. The van der Waals surface area contributed by atoms with Crippen LogP contribution in [0.25, 0.3) is 0 Å². The first-order chi connectivity index (χ1) is 13.1. The van der Waals surface area contributed by atoms with E-state index in [1.165, 1.54) is 6.42 Å². The number of hydrogen-bond donors (Lipinski definition) is 1. The molecule has 1 atom stereocenters. The summed E-state index contributed by atoms with van der Waals surface area (Å²) in [6, 6.07) is 1.89. The van der Waals surface area contributed by atoms with Crippen LogP contribution in [-0.2, 0) is 4.74 Å². The first kappa shape index (κ1) is 18.7. The van der Waals surface area contributed by atoms with Gasteiger partial charge in [0.2, 0.25) is 0 Å². The summed E-state index contributed by atoms with van der Waals surface area (Å²) in [5.74, 6) is 0.724. The number of carbonyl (C=O) groups excluding carboxylic acids is 1. The maximum absolute atomic E-state index is 13.0. The predicted octanol–water partition coefficient (Wildman–Crippen LogP) is 2.59. The van der Waals surface area contributed by atoms with E-state index in [0.717, 1.165) is 63.8 Å². The van der Waals surface area contributed by atoms with Crippen LogP contribution in [0.15, 0.2) is 15.3 Å². The minimum Gasteiger partial charge on any atom is -0.427 e. The lowest BCUT2D eigenvalue weighted by Crippen LogP contribution is -2.50. The summed E-state index contributed by atoms with van der Waals surface area (Å²) in [6.45, 7) is 5.80. The van der Waals surface area contributed by atoms with Gasteiger partial charge in [0.05, 0.1) is 5.60 Å². The molecule has 4 rings (SSSR count). The van der Waals surface area contributed by atoms with E-state index < -0.39 is 5.63 Å².